The Morgan fingerprint density at radius 3 is 2.48 bits per heavy atom. The van der Waals surface area contributed by atoms with Crippen LogP contribution in [0.2, 0.25) is 0 Å². The summed E-state index contributed by atoms with van der Waals surface area (Å²) < 4.78 is 6.30. The predicted octanol–water partition coefficient (Wildman–Crippen LogP) is 2.46. The largest absolute Gasteiger partial charge is 0.449 e. The van der Waals surface area contributed by atoms with Gasteiger partial charge in [0.2, 0.25) is 0 Å². The molecule has 0 unspecified atom stereocenters. The molecule has 1 saturated heterocycles. The lowest BCUT2D eigenvalue weighted by Crippen LogP contribution is -2.45. The summed E-state index contributed by atoms with van der Waals surface area (Å²) in [5.74, 6) is 0.741. The van der Waals surface area contributed by atoms with Gasteiger partial charge in [0.15, 0.2) is 5.89 Å². The van der Waals surface area contributed by atoms with Gasteiger partial charge in [-0.05, 0) is 27.6 Å². The van der Waals surface area contributed by atoms with Gasteiger partial charge >= 0.3 is 0 Å². The normalized spacial score (nSPS) is 17.2. The second-order valence-electron chi connectivity index (χ2n) is 5.42. The molecule has 21 heavy (non-hydrogen) atoms. The Morgan fingerprint density at radius 1 is 1.14 bits per heavy atom. The van der Waals surface area contributed by atoms with Crippen molar-refractivity contribution in [2.45, 2.75) is 20.0 Å². The zero-order valence-corrected chi connectivity index (χ0v) is 13.7. The number of piperazine rings is 1. The summed E-state index contributed by atoms with van der Waals surface area (Å²) >= 11 is 3.47. The molecule has 0 aliphatic carbocycles. The van der Waals surface area contributed by atoms with Gasteiger partial charge in [0.05, 0.1) is 5.69 Å². The molecule has 0 amide bonds. The molecule has 0 aromatic carbocycles. The SMILES string of the molecule is Cc1nc(CN2CCN(Cc3cncc(Br)c3)CC2)co1. The molecule has 1 aliphatic rings. The van der Waals surface area contributed by atoms with Crippen LogP contribution in [0, 0.1) is 6.92 Å². The van der Waals surface area contributed by atoms with Crippen molar-refractivity contribution >= 4 is 15.9 Å². The molecule has 0 radical (unpaired) electrons. The summed E-state index contributed by atoms with van der Waals surface area (Å²) in [4.78, 5) is 13.5. The fourth-order valence-electron chi connectivity index (χ4n) is 2.62. The third-order valence-corrected chi connectivity index (χ3v) is 4.12. The van der Waals surface area contributed by atoms with Gasteiger partial charge in [0.25, 0.3) is 0 Å². The third-order valence-electron chi connectivity index (χ3n) is 3.68. The number of oxazole rings is 1. The van der Waals surface area contributed by atoms with E-state index in [2.05, 4.69) is 41.8 Å². The topological polar surface area (TPSA) is 45.4 Å². The van der Waals surface area contributed by atoms with Crippen molar-refractivity contribution in [3.05, 3.63) is 46.3 Å². The first-order valence-corrected chi connectivity index (χ1v) is 7.93. The Bertz CT molecular complexity index is 593. The van der Waals surface area contributed by atoms with Gasteiger partial charge in [0.1, 0.15) is 6.26 Å². The maximum Gasteiger partial charge on any atom is 0.191 e. The van der Waals surface area contributed by atoms with Gasteiger partial charge < -0.3 is 4.42 Å². The smallest absolute Gasteiger partial charge is 0.191 e. The molecule has 0 spiro atoms. The van der Waals surface area contributed by atoms with E-state index in [9.17, 15) is 0 Å². The highest BCUT2D eigenvalue weighted by Crippen LogP contribution is 2.14. The van der Waals surface area contributed by atoms with Crippen LogP contribution in [0.4, 0.5) is 0 Å². The van der Waals surface area contributed by atoms with E-state index in [0.29, 0.717) is 0 Å². The van der Waals surface area contributed by atoms with Crippen LogP contribution in [0.15, 0.2) is 33.6 Å². The van der Waals surface area contributed by atoms with E-state index in [0.717, 1.165) is 55.3 Å². The number of aryl methyl sites for hydroxylation is 1. The van der Waals surface area contributed by atoms with Crippen molar-refractivity contribution < 1.29 is 4.42 Å². The van der Waals surface area contributed by atoms with Crippen LogP contribution in [0.5, 0.6) is 0 Å². The van der Waals surface area contributed by atoms with Crippen LogP contribution < -0.4 is 0 Å². The highest BCUT2D eigenvalue weighted by Gasteiger charge is 2.18. The van der Waals surface area contributed by atoms with E-state index >= 15 is 0 Å². The molecule has 1 aliphatic heterocycles. The number of pyridine rings is 1. The van der Waals surface area contributed by atoms with E-state index in [1.165, 1.54) is 5.56 Å². The number of hydrogen-bond donors (Lipinski definition) is 0. The first-order valence-electron chi connectivity index (χ1n) is 7.14. The second kappa shape index (κ2) is 6.68. The quantitative estimate of drug-likeness (QED) is 0.847. The van der Waals surface area contributed by atoms with Crippen LogP contribution in [-0.4, -0.2) is 45.9 Å². The van der Waals surface area contributed by atoms with E-state index in [1.807, 2.05) is 19.3 Å². The third kappa shape index (κ3) is 4.12. The van der Waals surface area contributed by atoms with Crippen molar-refractivity contribution in [3.8, 4) is 0 Å². The number of nitrogens with zero attached hydrogens (tertiary/aromatic N) is 4. The first-order chi connectivity index (χ1) is 10.2. The summed E-state index contributed by atoms with van der Waals surface area (Å²) in [5, 5.41) is 0. The fourth-order valence-corrected chi connectivity index (χ4v) is 3.03. The van der Waals surface area contributed by atoms with Crippen LogP contribution >= 0.6 is 15.9 Å². The van der Waals surface area contributed by atoms with Crippen molar-refractivity contribution in [1.29, 1.82) is 0 Å². The summed E-state index contributed by atoms with van der Waals surface area (Å²) in [6.07, 6.45) is 5.52. The van der Waals surface area contributed by atoms with E-state index in [4.69, 9.17) is 4.42 Å². The van der Waals surface area contributed by atoms with Crippen molar-refractivity contribution in [3.63, 3.8) is 0 Å². The average Bonchev–Trinajstić information content (AvgIpc) is 2.86. The fraction of sp³-hybridized carbons (Fsp3) is 0.467. The average molecular weight is 351 g/mol. The van der Waals surface area contributed by atoms with Crippen molar-refractivity contribution in [2.24, 2.45) is 0 Å². The van der Waals surface area contributed by atoms with Crippen molar-refractivity contribution in [1.82, 2.24) is 19.8 Å². The Labute approximate surface area is 133 Å². The van der Waals surface area contributed by atoms with Crippen LogP contribution in [0.1, 0.15) is 17.1 Å². The predicted molar refractivity (Wildman–Crippen MR) is 83.7 cm³/mol. The zero-order valence-electron chi connectivity index (χ0n) is 12.1. The summed E-state index contributed by atoms with van der Waals surface area (Å²) in [6.45, 7) is 7.99. The lowest BCUT2D eigenvalue weighted by molar-refractivity contribution is 0.121. The van der Waals surface area contributed by atoms with Gasteiger partial charge in [-0.15, -0.1) is 0 Å². The minimum absolute atomic E-state index is 0.741. The molecule has 2 aromatic rings. The van der Waals surface area contributed by atoms with Crippen LogP contribution in [0.3, 0.4) is 0 Å². The maximum absolute atomic E-state index is 5.26. The Balaban J connectivity index is 1.48. The first kappa shape index (κ1) is 14.7. The summed E-state index contributed by atoms with van der Waals surface area (Å²) in [6, 6.07) is 2.14. The molecule has 3 rings (SSSR count). The lowest BCUT2D eigenvalue weighted by Gasteiger charge is -2.34. The Hall–Kier alpha value is -1.24. The highest BCUT2D eigenvalue weighted by atomic mass is 79.9. The van der Waals surface area contributed by atoms with Crippen LogP contribution in [0.25, 0.3) is 0 Å². The standard InChI is InChI=1S/C15H19BrN4O/c1-12-18-15(11-21-12)10-20-4-2-19(3-5-20)9-13-6-14(16)8-17-7-13/h6-8,11H,2-5,9-10H2,1H3. The van der Waals surface area contributed by atoms with Crippen LogP contribution in [-0.2, 0) is 13.1 Å². The summed E-state index contributed by atoms with van der Waals surface area (Å²) in [7, 11) is 0. The number of rotatable bonds is 4. The molecule has 0 atom stereocenters. The molecule has 0 N–H and O–H groups in total. The van der Waals surface area contributed by atoms with E-state index < -0.39 is 0 Å². The Morgan fingerprint density at radius 2 is 1.86 bits per heavy atom. The molecule has 0 bridgehead atoms. The molecular weight excluding hydrogens is 332 g/mol. The lowest BCUT2D eigenvalue weighted by atomic mass is 10.2. The molecule has 6 heteroatoms. The highest BCUT2D eigenvalue weighted by molar-refractivity contribution is 9.10. The van der Waals surface area contributed by atoms with E-state index in [-0.39, 0.29) is 0 Å². The number of hydrogen-bond acceptors (Lipinski definition) is 5. The second-order valence-corrected chi connectivity index (χ2v) is 6.34. The zero-order chi connectivity index (χ0) is 14.7. The molecule has 1 fully saturated rings. The van der Waals surface area contributed by atoms with Gasteiger partial charge in [-0.2, -0.15) is 0 Å². The number of halogens is 1. The molecule has 2 aromatic heterocycles. The molecular formula is C15H19BrN4O. The van der Waals surface area contributed by atoms with Gasteiger partial charge in [-0.25, -0.2) is 4.98 Å². The monoisotopic (exact) mass is 350 g/mol. The molecule has 112 valence electrons. The minimum atomic E-state index is 0.741. The minimum Gasteiger partial charge on any atom is -0.449 e. The molecule has 3 heterocycles. The van der Waals surface area contributed by atoms with Crippen molar-refractivity contribution in [2.75, 3.05) is 26.2 Å². The summed E-state index contributed by atoms with van der Waals surface area (Å²) in [5.41, 5.74) is 2.28. The van der Waals surface area contributed by atoms with Gasteiger partial charge in [-0.1, -0.05) is 0 Å². The molecule has 0 saturated carbocycles. The Kier molecular flexibility index (Phi) is 4.67. The number of aromatic nitrogens is 2. The van der Waals surface area contributed by atoms with Gasteiger partial charge in [0, 0.05) is 63.1 Å². The maximum atomic E-state index is 5.26. The van der Waals surface area contributed by atoms with Gasteiger partial charge in [-0.3, -0.25) is 14.8 Å². The molecule has 5 nitrogen and oxygen atoms in total. The van der Waals surface area contributed by atoms with E-state index in [1.54, 1.807) is 6.26 Å².